The first-order chi connectivity index (χ1) is 11.4. The van der Waals surface area contributed by atoms with Crippen molar-refractivity contribution in [3.05, 3.63) is 69.2 Å². The molecule has 0 aliphatic heterocycles. The molecule has 24 heavy (non-hydrogen) atoms. The van der Waals surface area contributed by atoms with Gasteiger partial charge in [-0.05, 0) is 37.6 Å². The highest BCUT2D eigenvalue weighted by Gasteiger charge is 2.15. The zero-order valence-electron chi connectivity index (χ0n) is 13.3. The molecule has 0 spiro atoms. The van der Waals surface area contributed by atoms with Gasteiger partial charge in [0.05, 0.1) is 16.6 Å². The Hall–Kier alpha value is -2.04. The van der Waals surface area contributed by atoms with Gasteiger partial charge in [0, 0.05) is 5.02 Å². The Morgan fingerprint density at radius 3 is 2.42 bits per heavy atom. The molecule has 2 rings (SSSR count). The van der Waals surface area contributed by atoms with Crippen LogP contribution < -0.4 is 5.32 Å². The second-order valence-corrected chi connectivity index (χ2v) is 6.24. The average Bonchev–Trinajstić information content (AvgIpc) is 2.53. The van der Waals surface area contributed by atoms with E-state index >= 15 is 0 Å². The number of hydrogen-bond acceptors (Lipinski definition) is 3. The largest absolute Gasteiger partial charge is 0.452 e. The average molecular weight is 366 g/mol. The van der Waals surface area contributed by atoms with Crippen LogP contribution in [-0.4, -0.2) is 18.5 Å². The highest BCUT2D eigenvalue weighted by atomic mass is 35.5. The van der Waals surface area contributed by atoms with Crippen molar-refractivity contribution in [1.29, 1.82) is 0 Å². The Balaban J connectivity index is 1.88. The van der Waals surface area contributed by atoms with E-state index in [1.807, 2.05) is 38.1 Å². The van der Waals surface area contributed by atoms with Crippen LogP contribution in [0.15, 0.2) is 42.5 Å². The molecule has 1 atom stereocenters. The van der Waals surface area contributed by atoms with Crippen LogP contribution in [-0.2, 0) is 9.53 Å². The van der Waals surface area contributed by atoms with Gasteiger partial charge in [-0.15, -0.1) is 0 Å². The summed E-state index contributed by atoms with van der Waals surface area (Å²) in [6, 6.07) is 12.1. The van der Waals surface area contributed by atoms with Crippen molar-refractivity contribution < 1.29 is 14.3 Å². The van der Waals surface area contributed by atoms with E-state index in [-0.39, 0.29) is 29.1 Å². The van der Waals surface area contributed by atoms with E-state index in [2.05, 4.69) is 5.32 Å². The van der Waals surface area contributed by atoms with Gasteiger partial charge < -0.3 is 10.1 Å². The zero-order valence-corrected chi connectivity index (χ0v) is 14.8. The molecule has 2 aromatic carbocycles. The van der Waals surface area contributed by atoms with Crippen molar-refractivity contribution in [2.75, 3.05) is 6.61 Å². The van der Waals surface area contributed by atoms with Crippen molar-refractivity contribution in [2.24, 2.45) is 0 Å². The summed E-state index contributed by atoms with van der Waals surface area (Å²) in [4.78, 5) is 23.9. The lowest BCUT2D eigenvalue weighted by Gasteiger charge is -2.14. The van der Waals surface area contributed by atoms with Crippen molar-refractivity contribution >= 4 is 35.1 Å². The summed E-state index contributed by atoms with van der Waals surface area (Å²) in [7, 11) is 0. The van der Waals surface area contributed by atoms with Gasteiger partial charge in [-0.25, -0.2) is 4.79 Å². The molecule has 0 saturated heterocycles. The number of carbonyl (C=O) groups is 2. The number of benzene rings is 2. The van der Waals surface area contributed by atoms with Crippen molar-refractivity contribution in [1.82, 2.24) is 5.32 Å². The van der Waals surface area contributed by atoms with Crippen LogP contribution in [0.25, 0.3) is 0 Å². The second kappa shape index (κ2) is 8.18. The first kappa shape index (κ1) is 18.3. The molecule has 1 amide bonds. The fourth-order valence-corrected chi connectivity index (χ4v) is 2.57. The normalized spacial score (nSPS) is 11.7. The van der Waals surface area contributed by atoms with Crippen LogP contribution in [0.1, 0.15) is 34.5 Å². The van der Waals surface area contributed by atoms with E-state index in [0.717, 1.165) is 11.1 Å². The molecule has 0 bridgehead atoms. The quantitative estimate of drug-likeness (QED) is 0.801. The number of hydrogen-bond donors (Lipinski definition) is 1. The number of carbonyl (C=O) groups excluding carboxylic acids is 2. The molecule has 0 aliphatic carbocycles. The van der Waals surface area contributed by atoms with E-state index in [1.54, 1.807) is 0 Å². The van der Waals surface area contributed by atoms with Gasteiger partial charge in [-0.2, -0.15) is 0 Å². The zero-order chi connectivity index (χ0) is 17.7. The van der Waals surface area contributed by atoms with Crippen LogP contribution in [0.2, 0.25) is 10.0 Å². The van der Waals surface area contributed by atoms with Crippen LogP contribution in [0.4, 0.5) is 0 Å². The SMILES string of the molecule is Cc1ccc([C@@H](C)NC(=O)COC(=O)c2ccc(Cl)cc2Cl)cc1. The van der Waals surface area contributed by atoms with Gasteiger partial charge in [0.2, 0.25) is 0 Å². The maximum Gasteiger partial charge on any atom is 0.340 e. The number of rotatable bonds is 5. The number of aryl methyl sites for hydroxylation is 1. The summed E-state index contributed by atoms with van der Waals surface area (Å²) in [5, 5.41) is 3.38. The molecule has 0 heterocycles. The third-order valence-electron chi connectivity index (χ3n) is 3.44. The predicted molar refractivity (Wildman–Crippen MR) is 94.5 cm³/mol. The third kappa shape index (κ3) is 4.98. The molecule has 0 unspecified atom stereocenters. The first-order valence-electron chi connectivity index (χ1n) is 7.35. The van der Waals surface area contributed by atoms with Gasteiger partial charge >= 0.3 is 5.97 Å². The molecule has 4 nitrogen and oxygen atoms in total. The van der Waals surface area contributed by atoms with E-state index < -0.39 is 5.97 Å². The van der Waals surface area contributed by atoms with Crippen LogP contribution in [0, 0.1) is 6.92 Å². The van der Waals surface area contributed by atoms with Gasteiger partial charge in [0.25, 0.3) is 5.91 Å². The molecule has 6 heteroatoms. The monoisotopic (exact) mass is 365 g/mol. The van der Waals surface area contributed by atoms with Gasteiger partial charge in [0.1, 0.15) is 0 Å². The first-order valence-corrected chi connectivity index (χ1v) is 8.10. The highest BCUT2D eigenvalue weighted by Crippen LogP contribution is 2.21. The predicted octanol–water partition coefficient (Wildman–Crippen LogP) is 4.34. The van der Waals surface area contributed by atoms with E-state index in [9.17, 15) is 9.59 Å². The van der Waals surface area contributed by atoms with Crippen LogP contribution in [0.3, 0.4) is 0 Å². The van der Waals surface area contributed by atoms with Crippen molar-refractivity contribution in [3.8, 4) is 0 Å². The maximum absolute atomic E-state index is 11.9. The molecule has 0 radical (unpaired) electrons. The lowest BCUT2D eigenvalue weighted by atomic mass is 10.1. The van der Waals surface area contributed by atoms with Crippen molar-refractivity contribution in [3.63, 3.8) is 0 Å². The number of esters is 1. The Kier molecular flexibility index (Phi) is 6.23. The number of halogens is 2. The Morgan fingerprint density at radius 1 is 1.12 bits per heavy atom. The summed E-state index contributed by atoms with van der Waals surface area (Å²) in [6.07, 6.45) is 0. The maximum atomic E-state index is 11.9. The Labute approximate surface area is 150 Å². The van der Waals surface area contributed by atoms with E-state index in [1.165, 1.54) is 18.2 Å². The van der Waals surface area contributed by atoms with Crippen molar-refractivity contribution in [2.45, 2.75) is 19.9 Å². The third-order valence-corrected chi connectivity index (χ3v) is 3.99. The minimum absolute atomic E-state index is 0.167. The molecular formula is C18H17Cl2NO3. The molecule has 0 fully saturated rings. The van der Waals surface area contributed by atoms with E-state index in [0.29, 0.717) is 5.02 Å². The molecule has 2 aromatic rings. The van der Waals surface area contributed by atoms with Crippen LogP contribution >= 0.6 is 23.2 Å². The van der Waals surface area contributed by atoms with E-state index in [4.69, 9.17) is 27.9 Å². The number of ether oxygens (including phenoxy) is 1. The van der Waals surface area contributed by atoms with Gasteiger partial charge in [0.15, 0.2) is 6.61 Å². The molecule has 1 N–H and O–H groups in total. The summed E-state index contributed by atoms with van der Waals surface area (Å²) in [6.45, 7) is 3.48. The smallest absolute Gasteiger partial charge is 0.340 e. The minimum Gasteiger partial charge on any atom is -0.452 e. The fourth-order valence-electron chi connectivity index (χ4n) is 2.09. The topological polar surface area (TPSA) is 55.4 Å². The number of nitrogens with one attached hydrogen (secondary N) is 1. The van der Waals surface area contributed by atoms with Gasteiger partial charge in [-0.1, -0.05) is 53.0 Å². The fraction of sp³-hybridized carbons (Fsp3) is 0.222. The summed E-state index contributed by atoms with van der Waals surface area (Å²) in [5.41, 5.74) is 2.28. The lowest BCUT2D eigenvalue weighted by Crippen LogP contribution is -2.31. The van der Waals surface area contributed by atoms with Gasteiger partial charge in [-0.3, -0.25) is 4.79 Å². The molecular weight excluding hydrogens is 349 g/mol. The Morgan fingerprint density at radius 2 is 1.79 bits per heavy atom. The van der Waals surface area contributed by atoms with Crippen LogP contribution in [0.5, 0.6) is 0 Å². The standard InChI is InChI=1S/C18H17Cl2NO3/c1-11-3-5-13(6-4-11)12(2)21-17(22)10-24-18(23)15-8-7-14(19)9-16(15)20/h3-9,12H,10H2,1-2H3,(H,21,22)/t12-/m1/s1. The highest BCUT2D eigenvalue weighted by molar-refractivity contribution is 6.36. The summed E-state index contributed by atoms with van der Waals surface area (Å²) >= 11 is 11.7. The summed E-state index contributed by atoms with van der Waals surface area (Å²) in [5.74, 6) is -1.06. The Bertz CT molecular complexity index is 744. The second-order valence-electron chi connectivity index (χ2n) is 5.40. The number of amides is 1. The molecule has 0 aromatic heterocycles. The molecule has 0 saturated carbocycles. The lowest BCUT2D eigenvalue weighted by molar-refractivity contribution is -0.124. The minimum atomic E-state index is -0.671. The summed E-state index contributed by atoms with van der Waals surface area (Å²) < 4.78 is 4.99. The molecule has 126 valence electrons. The molecule has 0 aliphatic rings.